The van der Waals surface area contributed by atoms with Crippen molar-refractivity contribution in [1.82, 2.24) is 19.6 Å². The molecule has 1 aliphatic carbocycles. The van der Waals surface area contributed by atoms with Crippen LogP contribution in [0, 0.1) is 5.92 Å². The molecule has 0 unspecified atom stereocenters. The molecule has 3 aliphatic rings. The van der Waals surface area contributed by atoms with Gasteiger partial charge in [0, 0.05) is 57.9 Å². The quantitative estimate of drug-likeness (QED) is 0.765. The summed E-state index contributed by atoms with van der Waals surface area (Å²) in [5.41, 5.74) is 0.478. The summed E-state index contributed by atoms with van der Waals surface area (Å²) < 4.78 is 0. The zero-order valence-corrected chi connectivity index (χ0v) is 17.6. The molecule has 0 N–H and O–H groups in total. The summed E-state index contributed by atoms with van der Waals surface area (Å²) in [4.78, 5) is 21.3. The smallest absolute Gasteiger partial charge is 0.319 e. The van der Waals surface area contributed by atoms with Gasteiger partial charge in [0.05, 0.1) is 0 Å². The Morgan fingerprint density at radius 2 is 1.64 bits per heavy atom. The van der Waals surface area contributed by atoms with E-state index in [4.69, 9.17) is 0 Å². The summed E-state index contributed by atoms with van der Waals surface area (Å²) in [6.07, 6.45) is 5.02. The van der Waals surface area contributed by atoms with Gasteiger partial charge in [0.1, 0.15) is 0 Å². The number of likely N-dealkylation sites (N-methyl/N-ethyl adjacent to an activating group) is 1. The maximum Gasteiger partial charge on any atom is 0.319 e. The first-order valence-corrected chi connectivity index (χ1v) is 10.2. The summed E-state index contributed by atoms with van der Waals surface area (Å²) in [6, 6.07) is 0.164. The first-order chi connectivity index (χ1) is 11.7. The molecule has 25 heavy (non-hydrogen) atoms. The number of carbonyl (C=O) groups excluding carboxylic acids is 1. The van der Waals surface area contributed by atoms with Gasteiger partial charge in [0.25, 0.3) is 0 Å². The molecule has 1 spiro atoms. The third-order valence-electron chi connectivity index (χ3n) is 6.01. The van der Waals surface area contributed by atoms with Crippen molar-refractivity contribution in [3.05, 3.63) is 0 Å². The molecule has 0 aromatic rings. The molecule has 3 rings (SSSR count). The zero-order valence-electron chi connectivity index (χ0n) is 17.6. The molecule has 1 saturated carbocycles. The molecule has 146 valence electrons. The van der Waals surface area contributed by atoms with Gasteiger partial charge in [-0.3, -0.25) is 4.90 Å². The van der Waals surface area contributed by atoms with Crippen LogP contribution in [0.1, 0.15) is 53.4 Å². The normalized spacial score (nSPS) is 26.1. The van der Waals surface area contributed by atoms with E-state index in [9.17, 15) is 4.79 Å². The number of urea groups is 1. The lowest BCUT2D eigenvalue weighted by atomic mass is 9.78. The van der Waals surface area contributed by atoms with Crippen molar-refractivity contribution in [2.45, 2.75) is 64.5 Å². The van der Waals surface area contributed by atoms with E-state index in [1.165, 1.54) is 19.4 Å². The standard InChI is InChI=1S/C18H34N4O.C2H6/c1-17(2)13-20(5)14-18(22(17)12-15-6-7-15)8-10-21(11-9-18)16(23)19(3)4;1-2/h15H,6-14H2,1-5H3;1-2H3. The molecular weight excluding hydrogens is 312 g/mol. The first kappa shape index (κ1) is 20.5. The minimum absolute atomic E-state index is 0.164. The number of hydrogen-bond donors (Lipinski definition) is 0. The van der Waals surface area contributed by atoms with E-state index >= 15 is 0 Å². The van der Waals surface area contributed by atoms with Crippen LogP contribution in [0.25, 0.3) is 0 Å². The van der Waals surface area contributed by atoms with Crippen LogP contribution in [0.2, 0.25) is 0 Å². The Balaban J connectivity index is 0.00000109. The Hall–Kier alpha value is -0.810. The second-order valence-corrected chi connectivity index (χ2v) is 8.93. The van der Waals surface area contributed by atoms with Gasteiger partial charge in [0.15, 0.2) is 0 Å². The Morgan fingerprint density at radius 1 is 1.08 bits per heavy atom. The maximum absolute atomic E-state index is 12.3. The van der Waals surface area contributed by atoms with Crippen LogP contribution in [-0.4, -0.2) is 90.6 Å². The minimum atomic E-state index is 0.164. The fourth-order valence-corrected chi connectivity index (χ4v) is 4.86. The van der Waals surface area contributed by atoms with Crippen LogP contribution in [0.5, 0.6) is 0 Å². The zero-order chi connectivity index (χ0) is 18.8. The van der Waals surface area contributed by atoms with Gasteiger partial charge in [0.2, 0.25) is 0 Å². The molecular formula is C20H40N4O. The molecule has 0 radical (unpaired) electrons. The van der Waals surface area contributed by atoms with Gasteiger partial charge < -0.3 is 14.7 Å². The average molecular weight is 353 g/mol. The largest absolute Gasteiger partial charge is 0.331 e. The summed E-state index contributed by atoms with van der Waals surface area (Å²) in [6.45, 7) is 14.1. The van der Waals surface area contributed by atoms with Gasteiger partial charge in [-0.15, -0.1) is 0 Å². The summed E-state index contributed by atoms with van der Waals surface area (Å²) >= 11 is 0. The molecule has 0 atom stereocenters. The summed E-state index contributed by atoms with van der Waals surface area (Å²) in [7, 11) is 5.96. The van der Waals surface area contributed by atoms with Crippen LogP contribution < -0.4 is 0 Å². The van der Waals surface area contributed by atoms with Crippen molar-refractivity contribution < 1.29 is 4.79 Å². The second kappa shape index (κ2) is 7.83. The van der Waals surface area contributed by atoms with Crippen molar-refractivity contribution in [3.63, 3.8) is 0 Å². The molecule has 0 bridgehead atoms. The molecule has 2 saturated heterocycles. The van der Waals surface area contributed by atoms with Gasteiger partial charge in [-0.1, -0.05) is 13.8 Å². The highest BCUT2D eigenvalue weighted by atomic mass is 16.2. The third kappa shape index (κ3) is 4.48. The molecule has 0 aromatic heterocycles. The third-order valence-corrected chi connectivity index (χ3v) is 6.01. The first-order valence-electron chi connectivity index (χ1n) is 10.2. The molecule has 5 nitrogen and oxygen atoms in total. The second-order valence-electron chi connectivity index (χ2n) is 8.93. The van der Waals surface area contributed by atoms with Crippen molar-refractivity contribution >= 4 is 6.03 Å². The highest BCUT2D eigenvalue weighted by Crippen LogP contribution is 2.42. The monoisotopic (exact) mass is 352 g/mol. The highest BCUT2D eigenvalue weighted by molar-refractivity contribution is 5.73. The van der Waals surface area contributed by atoms with Gasteiger partial charge in [-0.2, -0.15) is 0 Å². The molecule has 2 heterocycles. The minimum Gasteiger partial charge on any atom is -0.331 e. The van der Waals surface area contributed by atoms with Crippen LogP contribution in [0.4, 0.5) is 4.79 Å². The van der Waals surface area contributed by atoms with E-state index in [0.717, 1.165) is 44.9 Å². The molecule has 5 heteroatoms. The number of hydrogen-bond acceptors (Lipinski definition) is 3. The van der Waals surface area contributed by atoms with Crippen molar-refractivity contribution in [1.29, 1.82) is 0 Å². The topological polar surface area (TPSA) is 30.0 Å². The Kier molecular flexibility index (Phi) is 6.42. The van der Waals surface area contributed by atoms with E-state index < -0.39 is 0 Å². The predicted octanol–water partition coefficient (Wildman–Crippen LogP) is 2.96. The highest BCUT2D eigenvalue weighted by Gasteiger charge is 2.51. The van der Waals surface area contributed by atoms with Crippen LogP contribution in [0.15, 0.2) is 0 Å². The molecule has 0 aromatic carbocycles. The average Bonchev–Trinajstić information content (AvgIpc) is 3.37. The lowest BCUT2D eigenvalue weighted by Crippen LogP contribution is -2.72. The summed E-state index contributed by atoms with van der Waals surface area (Å²) in [5.74, 6) is 0.913. The number of carbonyl (C=O) groups is 1. The number of amides is 2. The number of likely N-dealkylation sites (tertiary alicyclic amines) is 1. The molecule has 2 aliphatic heterocycles. The Morgan fingerprint density at radius 3 is 2.12 bits per heavy atom. The lowest BCUT2D eigenvalue weighted by Gasteiger charge is -2.60. The number of piperazine rings is 1. The fourth-order valence-electron chi connectivity index (χ4n) is 4.86. The molecule has 3 fully saturated rings. The predicted molar refractivity (Wildman–Crippen MR) is 105 cm³/mol. The van der Waals surface area contributed by atoms with Crippen molar-refractivity contribution in [2.24, 2.45) is 5.92 Å². The van der Waals surface area contributed by atoms with E-state index in [-0.39, 0.29) is 17.1 Å². The lowest BCUT2D eigenvalue weighted by molar-refractivity contribution is -0.102. The van der Waals surface area contributed by atoms with E-state index in [2.05, 4.69) is 30.7 Å². The van der Waals surface area contributed by atoms with E-state index in [1.807, 2.05) is 32.8 Å². The van der Waals surface area contributed by atoms with Crippen LogP contribution in [-0.2, 0) is 0 Å². The van der Waals surface area contributed by atoms with Crippen LogP contribution >= 0.6 is 0 Å². The van der Waals surface area contributed by atoms with E-state index in [1.54, 1.807) is 4.90 Å². The number of rotatable bonds is 2. The van der Waals surface area contributed by atoms with Gasteiger partial charge in [-0.25, -0.2) is 4.79 Å². The SMILES string of the molecule is CC.CN1CC(C)(C)N(CC2CC2)C2(CCN(C(=O)N(C)C)CC2)C1. The Labute approximate surface area is 155 Å². The van der Waals surface area contributed by atoms with Gasteiger partial charge >= 0.3 is 6.03 Å². The number of piperidine rings is 1. The van der Waals surface area contributed by atoms with E-state index in [0.29, 0.717) is 0 Å². The number of nitrogens with zero attached hydrogens (tertiary/aromatic N) is 4. The van der Waals surface area contributed by atoms with Gasteiger partial charge in [-0.05, 0) is 52.5 Å². The fraction of sp³-hybridized carbons (Fsp3) is 0.950. The summed E-state index contributed by atoms with van der Waals surface area (Å²) in [5, 5.41) is 0. The van der Waals surface area contributed by atoms with Crippen LogP contribution in [0.3, 0.4) is 0 Å². The Bertz CT molecular complexity index is 451. The van der Waals surface area contributed by atoms with Crippen molar-refractivity contribution in [3.8, 4) is 0 Å². The molecule has 2 amide bonds. The maximum atomic E-state index is 12.3. The van der Waals surface area contributed by atoms with Crippen molar-refractivity contribution in [2.75, 3.05) is 53.9 Å².